The fourth-order valence-electron chi connectivity index (χ4n) is 2.08. The zero-order chi connectivity index (χ0) is 12.4. The molecule has 0 saturated carbocycles. The van der Waals surface area contributed by atoms with Crippen molar-refractivity contribution in [3.63, 3.8) is 0 Å². The molecule has 1 aliphatic heterocycles. The maximum Gasteiger partial charge on any atom is 0.242 e. The van der Waals surface area contributed by atoms with E-state index in [-0.39, 0.29) is 11.9 Å². The number of aryl methyl sites for hydroxylation is 1. The van der Waals surface area contributed by atoms with Crippen molar-refractivity contribution < 1.29 is 4.79 Å². The Morgan fingerprint density at radius 1 is 1.35 bits per heavy atom. The molecule has 0 aliphatic carbocycles. The van der Waals surface area contributed by atoms with E-state index in [1.54, 1.807) is 5.01 Å². The number of hydrogen-bond donors (Lipinski definition) is 1. The average molecular weight is 233 g/mol. The lowest BCUT2D eigenvalue weighted by atomic mass is 10.2. The number of hydrogen-bond acceptors (Lipinski definition) is 3. The van der Waals surface area contributed by atoms with Gasteiger partial charge in [-0.05, 0) is 26.0 Å². The lowest BCUT2D eigenvalue weighted by Gasteiger charge is -2.32. The molecule has 92 valence electrons. The van der Waals surface area contributed by atoms with Crippen LogP contribution in [-0.4, -0.2) is 30.0 Å². The summed E-state index contributed by atoms with van der Waals surface area (Å²) in [5.74, 6) is 0.147. The van der Waals surface area contributed by atoms with Gasteiger partial charge in [0.05, 0.1) is 5.69 Å². The molecule has 0 spiro atoms. The summed E-state index contributed by atoms with van der Waals surface area (Å²) < 4.78 is 0. The molecule has 1 aromatic rings. The van der Waals surface area contributed by atoms with E-state index in [2.05, 4.69) is 0 Å². The summed E-state index contributed by atoms with van der Waals surface area (Å²) in [6.07, 6.45) is 0.568. The third kappa shape index (κ3) is 2.33. The van der Waals surface area contributed by atoms with E-state index in [0.717, 1.165) is 12.2 Å². The van der Waals surface area contributed by atoms with E-state index in [9.17, 15) is 4.79 Å². The lowest BCUT2D eigenvalue weighted by molar-refractivity contribution is -0.118. The molecule has 1 aliphatic rings. The second-order valence-corrected chi connectivity index (χ2v) is 4.54. The fraction of sp³-hybridized carbons (Fsp3) is 0.462. The predicted molar refractivity (Wildman–Crippen MR) is 68.5 cm³/mol. The molecule has 1 heterocycles. The maximum absolute atomic E-state index is 11.9. The molecule has 1 atom stereocenters. The molecule has 0 aromatic heterocycles. The van der Waals surface area contributed by atoms with Crippen LogP contribution in [0.1, 0.15) is 18.9 Å². The van der Waals surface area contributed by atoms with Gasteiger partial charge in [0.2, 0.25) is 5.91 Å². The van der Waals surface area contributed by atoms with Gasteiger partial charge in [-0.15, -0.1) is 0 Å². The summed E-state index contributed by atoms with van der Waals surface area (Å²) in [6, 6.07) is 8.19. The Morgan fingerprint density at radius 3 is 2.59 bits per heavy atom. The van der Waals surface area contributed by atoms with Gasteiger partial charge in [0, 0.05) is 25.6 Å². The van der Waals surface area contributed by atoms with Crippen LogP contribution in [0.5, 0.6) is 0 Å². The van der Waals surface area contributed by atoms with Gasteiger partial charge in [0.25, 0.3) is 0 Å². The van der Waals surface area contributed by atoms with Crippen LogP contribution in [0, 0.1) is 6.92 Å². The van der Waals surface area contributed by atoms with E-state index in [1.165, 1.54) is 5.56 Å². The molecule has 4 heteroatoms. The Labute approximate surface area is 102 Å². The van der Waals surface area contributed by atoms with Gasteiger partial charge < -0.3 is 5.73 Å². The summed E-state index contributed by atoms with van der Waals surface area (Å²) >= 11 is 0. The number of benzene rings is 1. The Morgan fingerprint density at radius 2 is 2.00 bits per heavy atom. The number of carbonyl (C=O) groups is 1. The van der Waals surface area contributed by atoms with Crippen molar-refractivity contribution in [2.24, 2.45) is 5.73 Å². The summed E-state index contributed by atoms with van der Waals surface area (Å²) in [6.45, 7) is 5.39. The van der Waals surface area contributed by atoms with Gasteiger partial charge in [0.15, 0.2) is 0 Å². The molecule has 0 bridgehead atoms. The third-order valence-corrected chi connectivity index (χ3v) is 3.18. The second-order valence-electron chi connectivity index (χ2n) is 4.54. The average Bonchev–Trinajstić information content (AvgIpc) is 2.71. The first-order valence-corrected chi connectivity index (χ1v) is 5.99. The summed E-state index contributed by atoms with van der Waals surface area (Å²) in [5, 5.41) is 3.81. The number of rotatable bonds is 3. The first kappa shape index (κ1) is 12.1. The van der Waals surface area contributed by atoms with Gasteiger partial charge in [-0.1, -0.05) is 17.7 Å². The molecule has 17 heavy (non-hydrogen) atoms. The van der Waals surface area contributed by atoms with Crippen molar-refractivity contribution in [3.8, 4) is 0 Å². The molecular formula is C13H19N3O. The quantitative estimate of drug-likeness (QED) is 0.856. The Bertz CT molecular complexity index is 402. The first-order chi connectivity index (χ1) is 8.13. The number of nitrogens with two attached hydrogens (primary N) is 1. The Balaban J connectivity index is 2.27. The first-order valence-electron chi connectivity index (χ1n) is 5.99. The minimum absolute atomic E-state index is 0.147. The highest BCUT2D eigenvalue weighted by molar-refractivity contribution is 5.94. The van der Waals surface area contributed by atoms with E-state index < -0.39 is 0 Å². The van der Waals surface area contributed by atoms with Gasteiger partial charge in [0.1, 0.15) is 0 Å². The summed E-state index contributed by atoms with van der Waals surface area (Å²) in [5.41, 5.74) is 7.80. The number of nitrogens with zero attached hydrogens (tertiary/aromatic N) is 2. The molecule has 4 nitrogen and oxygen atoms in total. The molecule has 1 aromatic carbocycles. The minimum atomic E-state index is 0.147. The van der Waals surface area contributed by atoms with E-state index in [0.29, 0.717) is 13.0 Å². The third-order valence-electron chi connectivity index (χ3n) is 3.18. The monoisotopic (exact) mass is 233 g/mol. The van der Waals surface area contributed by atoms with Crippen molar-refractivity contribution in [3.05, 3.63) is 29.8 Å². The number of anilines is 1. The van der Waals surface area contributed by atoms with Gasteiger partial charge in [-0.3, -0.25) is 4.79 Å². The molecule has 1 saturated heterocycles. The van der Waals surface area contributed by atoms with Crippen LogP contribution in [0.2, 0.25) is 0 Å². The minimum Gasteiger partial charge on any atom is -0.329 e. The van der Waals surface area contributed by atoms with Crippen LogP contribution in [0.4, 0.5) is 5.69 Å². The van der Waals surface area contributed by atoms with Crippen molar-refractivity contribution in [1.82, 2.24) is 5.01 Å². The summed E-state index contributed by atoms with van der Waals surface area (Å²) in [7, 11) is 0. The Kier molecular flexibility index (Phi) is 3.45. The topological polar surface area (TPSA) is 49.6 Å². The zero-order valence-corrected chi connectivity index (χ0v) is 10.4. The van der Waals surface area contributed by atoms with Gasteiger partial charge >= 0.3 is 0 Å². The SMILES string of the molecule is Cc1ccc(N2C(=O)CCN2C(C)CN)cc1. The smallest absolute Gasteiger partial charge is 0.242 e. The standard InChI is InChI=1S/C13H19N3O/c1-10-3-5-12(6-4-10)16-13(17)7-8-15(16)11(2)9-14/h3-6,11H,7-9,14H2,1-2H3. The van der Waals surface area contributed by atoms with E-state index in [1.807, 2.05) is 43.1 Å². The summed E-state index contributed by atoms with van der Waals surface area (Å²) in [4.78, 5) is 11.9. The van der Waals surface area contributed by atoms with Crippen molar-refractivity contribution in [2.75, 3.05) is 18.1 Å². The zero-order valence-electron chi connectivity index (χ0n) is 10.4. The van der Waals surface area contributed by atoms with Crippen LogP contribution in [0.25, 0.3) is 0 Å². The lowest BCUT2D eigenvalue weighted by Crippen LogP contribution is -2.47. The predicted octanol–water partition coefficient (Wildman–Crippen LogP) is 1.30. The van der Waals surface area contributed by atoms with Gasteiger partial charge in [-0.2, -0.15) is 0 Å². The molecule has 1 unspecified atom stereocenters. The molecule has 2 N–H and O–H groups in total. The Hall–Kier alpha value is -1.39. The second kappa shape index (κ2) is 4.85. The number of carbonyl (C=O) groups excluding carboxylic acids is 1. The fourth-order valence-corrected chi connectivity index (χ4v) is 2.08. The van der Waals surface area contributed by atoms with Crippen LogP contribution in [0.15, 0.2) is 24.3 Å². The maximum atomic E-state index is 11.9. The van der Waals surface area contributed by atoms with Crippen LogP contribution in [0.3, 0.4) is 0 Å². The molecular weight excluding hydrogens is 214 g/mol. The van der Waals surface area contributed by atoms with Crippen molar-refractivity contribution in [2.45, 2.75) is 26.3 Å². The highest BCUT2D eigenvalue weighted by atomic mass is 16.2. The van der Waals surface area contributed by atoms with E-state index >= 15 is 0 Å². The largest absolute Gasteiger partial charge is 0.329 e. The molecule has 0 radical (unpaired) electrons. The van der Waals surface area contributed by atoms with Crippen LogP contribution in [-0.2, 0) is 4.79 Å². The van der Waals surface area contributed by atoms with Crippen molar-refractivity contribution in [1.29, 1.82) is 0 Å². The normalized spacial score (nSPS) is 18.8. The molecule has 1 fully saturated rings. The number of hydrazine groups is 1. The van der Waals surface area contributed by atoms with Gasteiger partial charge in [-0.25, -0.2) is 10.0 Å². The van der Waals surface area contributed by atoms with Crippen LogP contribution >= 0.6 is 0 Å². The molecule has 2 rings (SSSR count). The van der Waals surface area contributed by atoms with E-state index in [4.69, 9.17) is 5.73 Å². The van der Waals surface area contributed by atoms with Crippen molar-refractivity contribution >= 4 is 11.6 Å². The van der Waals surface area contributed by atoms with Crippen LogP contribution < -0.4 is 10.7 Å². The highest BCUT2D eigenvalue weighted by Gasteiger charge is 2.32. The number of amides is 1. The highest BCUT2D eigenvalue weighted by Crippen LogP contribution is 2.24. The molecule has 1 amide bonds.